The molecule has 5 nitrogen and oxygen atoms in total. The summed E-state index contributed by atoms with van der Waals surface area (Å²) >= 11 is 6.13. The molecule has 19 heavy (non-hydrogen) atoms. The average Bonchev–Trinajstić information content (AvgIpc) is 2.39. The maximum Gasteiger partial charge on any atom is 0.312 e. The summed E-state index contributed by atoms with van der Waals surface area (Å²) in [6.45, 7) is 2.37. The molecule has 0 saturated carbocycles. The van der Waals surface area contributed by atoms with Crippen molar-refractivity contribution in [2.45, 2.75) is 6.42 Å². The highest BCUT2D eigenvalue weighted by molar-refractivity contribution is 6.33. The lowest BCUT2D eigenvalue weighted by atomic mass is 10.2. The van der Waals surface area contributed by atoms with Gasteiger partial charge in [-0.15, -0.1) is 0 Å². The Labute approximate surface area is 116 Å². The number of amides is 1. The van der Waals surface area contributed by atoms with E-state index < -0.39 is 12.4 Å². The van der Waals surface area contributed by atoms with Crippen molar-refractivity contribution in [3.05, 3.63) is 29.3 Å². The molecule has 1 heterocycles. The fourth-order valence-electron chi connectivity index (χ4n) is 2.15. The molecule has 0 unspecified atom stereocenters. The molecule has 0 radical (unpaired) electrons. The van der Waals surface area contributed by atoms with Crippen LogP contribution in [0.25, 0.3) is 0 Å². The molecule has 0 bridgehead atoms. The minimum atomic E-state index is -1.08. The van der Waals surface area contributed by atoms with Gasteiger partial charge in [0.2, 0.25) is 5.91 Å². The van der Waals surface area contributed by atoms with Gasteiger partial charge in [0, 0.05) is 26.2 Å². The number of hydrogen-bond acceptors (Lipinski definition) is 3. The molecular formula is C13H15ClN2O3. The van der Waals surface area contributed by atoms with E-state index >= 15 is 0 Å². The Morgan fingerprint density at radius 1 is 1.16 bits per heavy atom. The van der Waals surface area contributed by atoms with Gasteiger partial charge in [-0.3, -0.25) is 9.59 Å². The van der Waals surface area contributed by atoms with Crippen LogP contribution in [0, 0.1) is 0 Å². The number of rotatable bonds is 3. The molecule has 1 amide bonds. The normalized spacial score (nSPS) is 15.4. The van der Waals surface area contributed by atoms with Crippen molar-refractivity contribution in [2.24, 2.45) is 0 Å². The molecule has 2 rings (SSSR count). The lowest BCUT2D eigenvalue weighted by Crippen LogP contribution is -2.49. The first-order valence-corrected chi connectivity index (χ1v) is 6.45. The first-order chi connectivity index (χ1) is 9.08. The third kappa shape index (κ3) is 3.38. The topological polar surface area (TPSA) is 60.9 Å². The van der Waals surface area contributed by atoms with Crippen molar-refractivity contribution in [3.63, 3.8) is 0 Å². The minimum absolute atomic E-state index is 0.327. The highest BCUT2D eigenvalue weighted by Crippen LogP contribution is 2.26. The van der Waals surface area contributed by atoms with Crippen molar-refractivity contribution >= 4 is 29.2 Å². The van der Waals surface area contributed by atoms with Gasteiger partial charge in [-0.05, 0) is 12.1 Å². The van der Waals surface area contributed by atoms with E-state index in [9.17, 15) is 9.59 Å². The average molecular weight is 283 g/mol. The number of nitrogens with zero attached hydrogens (tertiary/aromatic N) is 2. The van der Waals surface area contributed by atoms with Crippen LogP contribution in [0.5, 0.6) is 0 Å². The zero-order valence-electron chi connectivity index (χ0n) is 10.4. The summed E-state index contributed by atoms with van der Waals surface area (Å²) in [5.74, 6) is -1.41. The molecule has 0 atom stereocenters. The van der Waals surface area contributed by atoms with Crippen LogP contribution in [0.1, 0.15) is 6.42 Å². The van der Waals surface area contributed by atoms with E-state index in [4.69, 9.17) is 16.7 Å². The maximum atomic E-state index is 11.6. The van der Waals surface area contributed by atoms with Gasteiger partial charge >= 0.3 is 5.97 Å². The smallest absolute Gasteiger partial charge is 0.312 e. The highest BCUT2D eigenvalue weighted by atomic mass is 35.5. The number of para-hydroxylation sites is 1. The van der Waals surface area contributed by atoms with Crippen LogP contribution in [0.4, 0.5) is 5.69 Å². The van der Waals surface area contributed by atoms with Crippen LogP contribution >= 0.6 is 11.6 Å². The molecule has 6 heteroatoms. The van der Waals surface area contributed by atoms with E-state index in [0.717, 1.165) is 5.69 Å². The van der Waals surface area contributed by atoms with Gasteiger partial charge in [0.25, 0.3) is 0 Å². The predicted molar refractivity (Wildman–Crippen MR) is 72.5 cm³/mol. The lowest BCUT2D eigenvalue weighted by molar-refractivity contribution is -0.144. The Morgan fingerprint density at radius 2 is 1.79 bits per heavy atom. The standard InChI is InChI=1S/C13H15ClN2O3/c14-10-3-1-2-4-11(10)15-5-7-16(8-6-15)12(17)9-13(18)19/h1-4H,5-9H2,(H,18,19). The lowest BCUT2D eigenvalue weighted by Gasteiger charge is -2.36. The van der Waals surface area contributed by atoms with Crippen LogP contribution < -0.4 is 4.90 Å². The van der Waals surface area contributed by atoms with Crippen LogP contribution in [-0.2, 0) is 9.59 Å². The number of carboxylic acid groups (broad SMARTS) is 1. The summed E-state index contributed by atoms with van der Waals surface area (Å²) in [6.07, 6.45) is -0.438. The highest BCUT2D eigenvalue weighted by Gasteiger charge is 2.23. The second-order valence-electron chi connectivity index (χ2n) is 4.39. The summed E-state index contributed by atoms with van der Waals surface area (Å²) in [6, 6.07) is 7.57. The zero-order valence-corrected chi connectivity index (χ0v) is 11.1. The van der Waals surface area contributed by atoms with Gasteiger partial charge in [0.1, 0.15) is 6.42 Å². The summed E-state index contributed by atoms with van der Waals surface area (Å²) < 4.78 is 0. The third-order valence-electron chi connectivity index (χ3n) is 3.13. The molecule has 1 saturated heterocycles. The van der Waals surface area contributed by atoms with Crippen molar-refractivity contribution in [2.75, 3.05) is 31.1 Å². The minimum Gasteiger partial charge on any atom is -0.481 e. The third-order valence-corrected chi connectivity index (χ3v) is 3.45. The van der Waals surface area contributed by atoms with Gasteiger partial charge in [0.05, 0.1) is 10.7 Å². The Balaban J connectivity index is 1.94. The van der Waals surface area contributed by atoms with Gasteiger partial charge in [-0.25, -0.2) is 0 Å². The van der Waals surface area contributed by atoms with Crippen molar-refractivity contribution in [1.82, 2.24) is 4.90 Å². The molecular weight excluding hydrogens is 268 g/mol. The molecule has 1 aliphatic heterocycles. The number of anilines is 1. The van der Waals surface area contributed by atoms with E-state index in [2.05, 4.69) is 4.90 Å². The fourth-order valence-corrected chi connectivity index (χ4v) is 2.40. The first-order valence-electron chi connectivity index (χ1n) is 6.07. The fraction of sp³-hybridized carbons (Fsp3) is 0.385. The molecule has 102 valence electrons. The molecule has 0 spiro atoms. The Hall–Kier alpha value is -1.75. The molecule has 1 aromatic carbocycles. The van der Waals surface area contributed by atoms with Crippen molar-refractivity contribution in [3.8, 4) is 0 Å². The molecule has 1 aromatic rings. The Bertz CT molecular complexity index is 485. The number of carboxylic acids is 1. The molecule has 1 fully saturated rings. The van der Waals surface area contributed by atoms with E-state index in [0.29, 0.717) is 31.2 Å². The Kier molecular flexibility index (Phi) is 4.27. The van der Waals surface area contributed by atoms with Crippen LogP contribution in [0.15, 0.2) is 24.3 Å². The summed E-state index contributed by atoms with van der Waals surface area (Å²) in [4.78, 5) is 25.8. The summed E-state index contributed by atoms with van der Waals surface area (Å²) in [7, 11) is 0. The van der Waals surface area contributed by atoms with E-state index in [1.54, 1.807) is 4.90 Å². The van der Waals surface area contributed by atoms with Crippen LogP contribution in [-0.4, -0.2) is 48.1 Å². The number of carbonyl (C=O) groups excluding carboxylic acids is 1. The molecule has 0 aliphatic carbocycles. The van der Waals surface area contributed by atoms with E-state index in [1.165, 1.54) is 0 Å². The van der Waals surface area contributed by atoms with Gasteiger partial charge in [-0.2, -0.15) is 0 Å². The molecule has 1 N–H and O–H groups in total. The monoisotopic (exact) mass is 282 g/mol. The van der Waals surface area contributed by atoms with Crippen molar-refractivity contribution < 1.29 is 14.7 Å². The summed E-state index contributed by atoms with van der Waals surface area (Å²) in [5, 5.41) is 9.29. The predicted octanol–water partition coefficient (Wildman–Crippen LogP) is 1.46. The summed E-state index contributed by atoms with van der Waals surface area (Å²) in [5.41, 5.74) is 0.953. The van der Waals surface area contributed by atoms with Gasteiger partial charge < -0.3 is 14.9 Å². The van der Waals surface area contributed by atoms with Crippen LogP contribution in [0.3, 0.4) is 0 Å². The zero-order chi connectivity index (χ0) is 13.8. The second kappa shape index (κ2) is 5.93. The number of halogens is 1. The number of carbonyl (C=O) groups is 2. The van der Waals surface area contributed by atoms with Crippen molar-refractivity contribution in [1.29, 1.82) is 0 Å². The van der Waals surface area contributed by atoms with Crippen LogP contribution in [0.2, 0.25) is 5.02 Å². The first kappa shape index (κ1) is 13.7. The second-order valence-corrected chi connectivity index (χ2v) is 4.80. The largest absolute Gasteiger partial charge is 0.481 e. The Morgan fingerprint density at radius 3 is 2.37 bits per heavy atom. The number of hydrogen-bond donors (Lipinski definition) is 1. The number of benzene rings is 1. The van der Waals surface area contributed by atoms with E-state index in [1.807, 2.05) is 24.3 Å². The number of aliphatic carboxylic acids is 1. The molecule has 1 aliphatic rings. The van der Waals surface area contributed by atoms with Gasteiger partial charge in [0.15, 0.2) is 0 Å². The molecule has 0 aromatic heterocycles. The quantitative estimate of drug-likeness (QED) is 0.853. The van der Waals surface area contributed by atoms with Gasteiger partial charge in [-0.1, -0.05) is 23.7 Å². The SMILES string of the molecule is O=C(O)CC(=O)N1CCN(c2ccccc2Cl)CC1. The van der Waals surface area contributed by atoms with E-state index in [-0.39, 0.29) is 5.91 Å². The maximum absolute atomic E-state index is 11.6. The number of piperazine rings is 1.